The van der Waals surface area contributed by atoms with Crippen molar-refractivity contribution in [3.63, 3.8) is 0 Å². The molecule has 3 aromatic carbocycles. The Bertz CT molecular complexity index is 1000. The molecule has 1 atom stereocenters. The van der Waals surface area contributed by atoms with Crippen LogP contribution in [0.25, 0.3) is 0 Å². The zero-order valence-corrected chi connectivity index (χ0v) is 17.0. The van der Waals surface area contributed by atoms with Gasteiger partial charge in [0.15, 0.2) is 0 Å². The quantitative estimate of drug-likeness (QED) is 0.583. The van der Waals surface area contributed by atoms with Crippen LogP contribution in [0.1, 0.15) is 33.5 Å². The van der Waals surface area contributed by atoms with E-state index < -0.39 is 6.04 Å². The summed E-state index contributed by atoms with van der Waals surface area (Å²) in [4.78, 5) is 27.8. The van der Waals surface area contributed by atoms with Crippen LogP contribution in [-0.2, 0) is 24.2 Å². The van der Waals surface area contributed by atoms with Crippen molar-refractivity contribution in [1.29, 1.82) is 0 Å². The largest absolute Gasteiger partial charge is 0.354 e. The van der Waals surface area contributed by atoms with Gasteiger partial charge in [0.05, 0.1) is 0 Å². The van der Waals surface area contributed by atoms with Crippen LogP contribution < -0.4 is 5.32 Å². The lowest BCUT2D eigenvalue weighted by Gasteiger charge is -2.27. The first kappa shape index (κ1) is 19.9. The van der Waals surface area contributed by atoms with Gasteiger partial charge in [-0.2, -0.15) is 0 Å². The Balaban J connectivity index is 1.44. The second-order valence-electron chi connectivity index (χ2n) is 7.68. The smallest absolute Gasteiger partial charge is 0.255 e. The molecule has 0 aromatic heterocycles. The number of carbonyl (C=O) groups excluding carboxylic acids is 2. The fourth-order valence-electron chi connectivity index (χ4n) is 3.98. The molecule has 1 N–H and O–H groups in total. The molecule has 0 radical (unpaired) electrons. The lowest BCUT2D eigenvalue weighted by Crippen LogP contribution is -2.48. The third kappa shape index (κ3) is 4.60. The summed E-state index contributed by atoms with van der Waals surface area (Å²) >= 11 is 0. The molecule has 0 saturated heterocycles. The highest BCUT2D eigenvalue weighted by atomic mass is 16.2. The molecular formula is C26H26N2O2. The minimum absolute atomic E-state index is 0.0639. The summed E-state index contributed by atoms with van der Waals surface area (Å²) in [6.45, 7) is 1.07. The summed E-state index contributed by atoms with van der Waals surface area (Å²) in [6, 6.07) is 27.2. The number of benzene rings is 3. The molecule has 30 heavy (non-hydrogen) atoms. The summed E-state index contributed by atoms with van der Waals surface area (Å²) < 4.78 is 0. The monoisotopic (exact) mass is 398 g/mol. The Morgan fingerprint density at radius 1 is 0.867 bits per heavy atom. The van der Waals surface area contributed by atoms with Crippen molar-refractivity contribution < 1.29 is 9.59 Å². The lowest BCUT2D eigenvalue weighted by molar-refractivity contribution is -0.125. The van der Waals surface area contributed by atoms with Gasteiger partial charge in [-0.25, -0.2) is 0 Å². The average molecular weight is 399 g/mol. The molecule has 0 saturated carbocycles. The minimum Gasteiger partial charge on any atom is -0.354 e. The maximum atomic E-state index is 13.1. The van der Waals surface area contributed by atoms with Crippen molar-refractivity contribution in [2.45, 2.75) is 31.8 Å². The van der Waals surface area contributed by atoms with E-state index in [1.165, 1.54) is 5.56 Å². The standard InChI is InChI=1S/C26H26N2O2/c29-25(27-17-9-14-20-10-3-1-4-11-20)24(18-21-12-5-2-6-13-21)28-19-22-15-7-8-16-23(22)26(28)30/h1-8,10-13,15-16,24H,9,14,17-19H2,(H,27,29)/t24-/m1/s1. The van der Waals surface area contributed by atoms with E-state index in [4.69, 9.17) is 0 Å². The van der Waals surface area contributed by atoms with E-state index in [-0.39, 0.29) is 11.8 Å². The second-order valence-corrected chi connectivity index (χ2v) is 7.68. The van der Waals surface area contributed by atoms with Crippen molar-refractivity contribution >= 4 is 11.8 Å². The normalized spacial score (nSPS) is 13.7. The number of nitrogens with zero attached hydrogens (tertiary/aromatic N) is 1. The first-order chi connectivity index (χ1) is 14.7. The van der Waals surface area contributed by atoms with E-state index in [0.717, 1.165) is 24.0 Å². The zero-order chi connectivity index (χ0) is 20.8. The molecule has 0 aliphatic carbocycles. The van der Waals surface area contributed by atoms with Gasteiger partial charge in [0.1, 0.15) is 6.04 Å². The van der Waals surface area contributed by atoms with E-state index in [1.54, 1.807) is 4.90 Å². The maximum Gasteiger partial charge on any atom is 0.255 e. The summed E-state index contributed by atoms with van der Waals surface area (Å²) in [5, 5.41) is 3.06. The molecule has 4 rings (SSSR count). The highest BCUT2D eigenvalue weighted by Gasteiger charge is 2.36. The highest BCUT2D eigenvalue weighted by Crippen LogP contribution is 2.26. The lowest BCUT2D eigenvalue weighted by atomic mass is 10.0. The number of amides is 2. The van der Waals surface area contributed by atoms with Gasteiger partial charge in [-0.3, -0.25) is 9.59 Å². The van der Waals surface area contributed by atoms with Gasteiger partial charge in [-0.05, 0) is 35.6 Å². The summed E-state index contributed by atoms with van der Waals surface area (Å²) in [5.41, 5.74) is 3.99. The molecule has 1 aliphatic heterocycles. The van der Waals surface area contributed by atoms with Gasteiger partial charge < -0.3 is 10.2 Å². The van der Waals surface area contributed by atoms with Gasteiger partial charge >= 0.3 is 0 Å². The van der Waals surface area contributed by atoms with Crippen molar-refractivity contribution in [2.24, 2.45) is 0 Å². The first-order valence-electron chi connectivity index (χ1n) is 10.5. The minimum atomic E-state index is -0.524. The molecule has 0 spiro atoms. The number of carbonyl (C=O) groups is 2. The van der Waals surface area contributed by atoms with E-state index in [2.05, 4.69) is 17.4 Å². The van der Waals surface area contributed by atoms with Crippen molar-refractivity contribution in [3.05, 3.63) is 107 Å². The van der Waals surface area contributed by atoms with Crippen LogP contribution in [-0.4, -0.2) is 29.3 Å². The molecule has 152 valence electrons. The Kier molecular flexibility index (Phi) is 6.23. The molecule has 4 heteroatoms. The average Bonchev–Trinajstić information content (AvgIpc) is 3.13. The number of fused-ring (bicyclic) bond motifs is 1. The van der Waals surface area contributed by atoms with Crippen molar-refractivity contribution in [2.75, 3.05) is 6.54 Å². The summed E-state index contributed by atoms with van der Waals surface area (Å²) in [7, 11) is 0. The molecule has 4 nitrogen and oxygen atoms in total. The number of nitrogens with one attached hydrogen (secondary N) is 1. The first-order valence-corrected chi connectivity index (χ1v) is 10.5. The van der Waals surface area contributed by atoms with Gasteiger partial charge in [0, 0.05) is 25.1 Å². The van der Waals surface area contributed by atoms with Crippen LogP contribution >= 0.6 is 0 Å². The molecule has 3 aromatic rings. The van der Waals surface area contributed by atoms with E-state index in [0.29, 0.717) is 25.1 Å². The SMILES string of the molecule is O=C(NCCCc1ccccc1)[C@@H](Cc1ccccc1)N1Cc2ccccc2C1=O. The van der Waals surface area contributed by atoms with Crippen molar-refractivity contribution in [1.82, 2.24) is 10.2 Å². The van der Waals surface area contributed by atoms with Crippen LogP contribution in [0.4, 0.5) is 0 Å². The number of aryl methyl sites for hydroxylation is 1. The second kappa shape index (κ2) is 9.40. The van der Waals surface area contributed by atoms with E-state index >= 15 is 0 Å². The third-order valence-electron chi connectivity index (χ3n) is 5.58. The Morgan fingerprint density at radius 3 is 2.20 bits per heavy atom. The molecule has 2 amide bonds. The Labute approximate surface area is 177 Å². The Morgan fingerprint density at radius 2 is 1.50 bits per heavy atom. The van der Waals surface area contributed by atoms with Crippen molar-refractivity contribution in [3.8, 4) is 0 Å². The number of hydrogen-bond donors (Lipinski definition) is 1. The summed E-state index contributed by atoms with van der Waals surface area (Å²) in [5.74, 6) is -0.154. The topological polar surface area (TPSA) is 49.4 Å². The summed E-state index contributed by atoms with van der Waals surface area (Å²) in [6.07, 6.45) is 2.28. The molecule has 0 bridgehead atoms. The molecule has 0 unspecified atom stereocenters. The molecule has 0 fully saturated rings. The maximum absolute atomic E-state index is 13.1. The van der Waals surface area contributed by atoms with Crippen LogP contribution in [0.2, 0.25) is 0 Å². The van der Waals surface area contributed by atoms with Crippen LogP contribution in [0.3, 0.4) is 0 Å². The third-order valence-corrected chi connectivity index (χ3v) is 5.58. The predicted molar refractivity (Wildman–Crippen MR) is 118 cm³/mol. The number of rotatable bonds is 8. The van der Waals surface area contributed by atoms with Crippen LogP contribution in [0.5, 0.6) is 0 Å². The predicted octanol–water partition coefficient (Wildman–Crippen LogP) is 4.00. The van der Waals surface area contributed by atoms with Gasteiger partial charge in [0.2, 0.25) is 5.91 Å². The van der Waals surface area contributed by atoms with Gasteiger partial charge in [-0.1, -0.05) is 78.9 Å². The molecular weight excluding hydrogens is 372 g/mol. The molecule has 1 aliphatic rings. The van der Waals surface area contributed by atoms with Gasteiger partial charge in [-0.15, -0.1) is 0 Å². The van der Waals surface area contributed by atoms with Crippen LogP contribution in [0, 0.1) is 0 Å². The molecule has 1 heterocycles. The highest BCUT2D eigenvalue weighted by molar-refractivity contribution is 6.01. The Hall–Kier alpha value is -3.40. The fourth-order valence-corrected chi connectivity index (χ4v) is 3.98. The zero-order valence-electron chi connectivity index (χ0n) is 17.0. The van der Waals surface area contributed by atoms with Crippen LogP contribution in [0.15, 0.2) is 84.9 Å². The van der Waals surface area contributed by atoms with E-state index in [1.807, 2.05) is 72.8 Å². The van der Waals surface area contributed by atoms with E-state index in [9.17, 15) is 9.59 Å². The van der Waals surface area contributed by atoms with Gasteiger partial charge in [0.25, 0.3) is 5.91 Å². The fraction of sp³-hybridized carbons (Fsp3) is 0.231. The number of hydrogen-bond acceptors (Lipinski definition) is 2.